The van der Waals surface area contributed by atoms with Gasteiger partial charge in [-0.25, -0.2) is 4.90 Å². The van der Waals surface area contributed by atoms with Crippen molar-refractivity contribution in [2.24, 2.45) is 17.8 Å². The van der Waals surface area contributed by atoms with Crippen molar-refractivity contribution in [2.45, 2.75) is 71.2 Å². The van der Waals surface area contributed by atoms with E-state index in [1.165, 1.54) is 24.3 Å². The van der Waals surface area contributed by atoms with Crippen LogP contribution < -0.4 is 4.90 Å². The van der Waals surface area contributed by atoms with Gasteiger partial charge >= 0.3 is 7.12 Å². The first-order chi connectivity index (χ1) is 20.6. The third-order valence-corrected chi connectivity index (χ3v) is 9.13. The fourth-order valence-electron chi connectivity index (χ4n) is 7.06. The average molecular weight is 607 g/mol. The molecule has 2 aromatic rings. The first-order valence-electron chi connectivity index (χ1n) is 15.0. The quantitative estimate of drug-likeness (QED) is 0.101. The van der Waals surface area contributed by atoms with Gasteiger partial charge in [0.05, 0.1) is 33.6 Å². The van der Waals surface area contributed by atoms with Gasteiger partial charge in [0.1, 0.15) is 5.75 Å². The number of halogens is 1. The van der Waals surface area contributed by atoms with E-state index in [-0.39, 0.29) is 41.2 Å². The molecule has 2 saturated heterocycles. The van der Waals surface area contributed by atoms with Crippen molar-refractivity contribution < 1.29 is 29.3 Å². The number of amides is 2. The highest BCUT2D eigenvalue weighted by Gasteiger charge is 2.57. The number of aromatic hydroxyl groups is 1. The molecule has 43 heavy (non-hydrogen) atoms. The number of benzene rings is 2. The molecule has 0 aromatic heterocycles. The van der Waals surface area contributed by atoms with Crippen molar-refractivity contribution in [3.05, 3.63) is 79.9 Å². The zero-order valence-electron chi connectivity index (χ0n) is 24.4. The summed E-state index contributed by atoms with van der Waals surface area (Å²) in [7, 11) is -1.08. The number of carbonyl (C=O) groups excluding carboxylic acids is 2. The van der Waals surface area contributed by atoms with Crippen LogP contribution in [0.4, 0.5) is 11.4 Å². The highest BCUT2D eigenvalue weighted by atomic mass is 35.5. The molecule has 2 fully saturated rings. The SMILES string of the molecule is CCCC1=C2[C@@H](CC/C(=C/c3ccc(O)cc3Cl)CCC)OB(O)C[C@@H]2[C@@H]2C(=O)N(c3cccc([N+](=O)[O-])c3)C(=O)[C@@H]2C1. The summed E-state index contributed by atoms with van der Waals surface area (Å²) in [5.41, 5.74) is 4.11. The molecule has 9 nitrogen and oxygen atoms in total. The van der Waals surface area contributed by atoms with E-state index in [2.05, 4.69) is 13.8 Å². The summed E-state index contributed by atoms with van der Waals surface area (Å²) < 4.78 is 6.14. The number of rotatable bonds is 10. The van der Waals surface area contributed by atoms with Crippen molar-refractivity contribution in [3.8, 4) is 5.75 Å². The molecule has 2 N–H and O–H groups in total. The Balaban J connectivity index is 1.45. The number of hydrogen-bond acceptors (Lipinski definition) is 7. The standard InChI is InChI=1S/C32H36BClN2O7/c1-3-6-19(14-20-11-12-24(37)17-27(20)34)10-13-28-29-21(7-4-2)15-25-30(26(29)18-33(40)43-28)32(39)35(31(25)38)22-8-5-9-23(16-22)36(41)42/h5,8-9,11-12,14,16-17,25-26,28,30,37,40H,3-4,6-7,10,13,15,18H2,1-2H3/b19-14+/t25-,26+,28-,30-/m1/s1. The molecule has 0 unspecified atom stereocenters. The monoisotopic (exact) mass is 606 g/mol. The number of carbonyl (C=O) groups is 2. The van der Waals surface area contributed by atoms with Crippen molar-refractivity contribution in [3.63, 3.8) is 0 Å². The van der Waals surface area contributed by atoms with E-state index in [0.717, 1.165) is 52.9 Å². The minimum atomic E-state index is -1.08. The summed E-state index contributed by atoms with van der Waals surface area (Å²) in [4.78, 5) is 39.6. The molecule has 2 aliphatic heterocycles. The topological polar surface area (TPSA) is 130 Å². The third-order valence-electron chi connectivity index (χ3n) is 8.80. The van der Waals surface area contributed by atoms with Crippen LogP contribution in [0.3, 0.4) is 0 Å². The smallest absolute Gasteiger partial charge is 0.455 e. The van der Waals surface area contributed by atoms with Crippen LogP contribution >= 0.6 is 11.6 Å². The van der Waals surface area contributed by atoms with Gasteiger partial charge in [0.2, 0.25) is 11.8 Å². The van der Waals surface area contributed by atoms with Crippen molar-refractivity contribution in [2.75, 3.05) is 4.90 Å². The molecule has 226 valence electrons. The van der Waals surface area contributed by atoms with Crippen LogP contribution in [0.1, 0.15) is 64.4 Å². The second kappa shape index (κ2) is 13.0. The van der Waals surface area contributed by atoms with Gasteiger partial charge in [-0.05, 0) is 79.7 Å². The van der Waals surface area contributed by atoms with Gasteiger partial charge in [-0.15, -0.1) is 0 Å². The summed E-state index contributed by atoms with van der Waals surface area (Å²) >= 11 is 6.38. The Morgan fingerprint density at radius 3 is 2.63 bits per heavy atom. The molecule has 4 atom stereocenters. The van der Waals surface area contributed by atoms with Crippen LogP contribution in [0.15, 0.2) is 59.2 Å². The molecule has 11 heteroatoms. The number of anilines is 1. The van der Waals surface area contributed by atoms with Gasteiger partial charge in [0, 0.05) is 12.1 Å². The van der Waals surface area contributed by atoms with Crippen molar-refractivity contribution in [1.82, 2.24) is 0 Å². The summed E-state index contributed by atoms with van der Waals surface area (Å²) in [6.45, 7) is 4.17. The Morgan fingerprint density at radius 1 is 1.14 bits per heavy atom. The van der Waals surface area contributed by atoms with E-state index in [1.54, 1.807) is 18.2 Å². The lowest BCUT2D eigenvalue weighted by Crippen LogP contribution is -2.46. The number of fused-ring (bicyclic) bond motifs is 3. The molecule has 0 spiro atoms. The normalized spacial score (nSPS) is 24.0. The molecule has 3 aliphatic rings. The number of hydrogen-bond donors (Lipinski definition) is 2. The molecule has 2 amide bonds. The largest absolute Gasteiger partial charge is 0.508 e. The molecular weight excluding hydrogens is 571 g/mol. The predicted octanol–water partition coefficient (Wildman–Crippen LogP) is 6.72. The molecule has 0 saturated carbocycles. The predicted molar refractivity (Wildman–Crippen MR) is 165 cm³/mol. The van der Waals surface area contributed by atoms with E-state index in [4.69, 9.17) is 16.3 Å². The Morgan fingerprint density at radius 2 is 1.93 bits per heavy atom. The van der Waals surface area contributed by atoms with Gasteiger partial charge in [-0.3, -0.25) is 19.7 Å². The maximum Gasteiger partial charge on any atom is 0.455 e. The second-order valence-corrected chi connectivity index (χ2v) is 12.1. The lowest BCUT2D eigenvalue weighted by Gasteiger charge is -2.43. The minimum Gasteiger partial charge on any atom is -0.508 e. The molecule has 5 rings (SSSR count). The summed E-state index contributed by atoms with van der Waals surface area (Å²) in [5.74, 6) is -2.23. The Labute approximate surface area is 256 Å². The van der Waals surface area contributed by atoms with Crippen LogP contribution in [-0.2, 0) is 14.2 Å². The molecule has 0 radical (unpaired) electrons. The number of imide groups is 1. The molecule has 2 aromatic carbocycles. The lowest BCUT2D eigenvalue weighted by atomic mass is 9.58. The van der Waals surface area contributed by atoms with E-state index >= 15 is 0 Å². The van der Waals surface area contributed by atoms with Crippen molar-refractivity contribution >= 4 is 48.0 Å². The van der Waals surface area contributed by atoms with Crippen LogP contribution in [0.5, 0.6) is 5.75 Å². The number of phenolic OH excluding ortho intramolecular Hbond substituents is 1. The first-order valence-corrected chi connectivity index (χ1v) is 15.4. The number of non-ortho nitro benzene ring substituents is 1. The fourth-order valence-corrected chi connectivity index (χ4v) is 7.29. The van der Waals surface area contributed by atoms with Gasteiger partial charge in [0.25, 0.3) is 5.69 Å². The lowest BCUT2D eigenvalue weighted by molar-refractivity contribution is -0.384. The number of allylic oxidation sites excluding steroid dienone is 2. The number of nitro groups is 1. The number of nitrogens with zero attached hydrogens (tertiary/aromatic N) is 2. The maximum absolute atomic E-state index is 13.9. The van der Waals surface area contributed by atoms with Crippen LogP contribution in [0, 0.1) is 27.9 Å². The van der Waals surface area contributed by atoms with E-state index in [0.29, 0.717) is 24.3 Å². The Bertz CT molecular complexity index is 1490. The molecule has 1 aliphatic carbocycles. The second-order valence-electron chi connectivity index (χ2n) is 11.7. The zero-order chi connectivity index (χ0) is 30.8. The van der Waals surface area contributed by atoms with Crippen LogP contribution in [0.2, 0.25) is 11.3 Å². The first kappa shape index (κ1) is 31.0. The summed E-state index contributed by atoms with van der Waals surface area (Å²) in [6.07, 6.45) is 6.91. The van der Waals surface area contributed by atoms with Crippen molar-refractivity contribution in [1.29, 1.82) is 0 Å². The summed E-state index contributed by atoms with van der Waals surface area (Å²) in [6, 6.07) is 10.5. The van der Waals surface area contributed by atoms with E-state index in [9.17, 15) is 29.8 Å². The number of phenols is 1. The highest BCUT2D eigenvalue weighted by molar-refractivity contribution is 6.43. The summed E-state index contributed by atoms with van der Waals surface area (Å²) in [5, 5.41) is 32.5. The van der Waals surface area contributed by atoms with Gasteiger partial charge in [0.15, 0.2) is 0 Å². The zero-order valence-corrected chi connectivity index (χ0v) is 25.1. The van der Waals surface area contributed by atoms with Gasteiger partial charge in [-0.2, -0.15) is 0 Å². The van der Waals surface area contributed by atoms with Gasteiger partial charge < -0.3 is 14.8 Å². The maximum atomic E-state index is 13.9. The minimum absolute atomic E-state index is 0.102. The van der Waals surface area contributed by atoms with Crippen LogP contribution in [-0.4, -0.2) is 40.1 Å². The fraction of sp³-hybridized carbons (Fsp3) is 0.438. The van der Waals surface area contributed by atoms with E-state index < -0.39 is 30.0 Å². The Kier molecular flexibility index (Phi) is 9.39. The molecule has 2 heterocycles. The Hall–Kier alpha value is -3.47. The average Bonchev–Trinajstić information content (AvgIpc) is 3.22. The number of nitro benzene ring substituents is 1. The van der Waals surface area contributed by atoms with Crippen LogP contribution in [0.25, 0.3) is 6.08 Å². The van der Waals surface area contributed by atoms with Gasteiger partial charge in [-0.1, -0.05) is 61.6 Å². The highest BCUT2D eigenvalue weighted by Crippen LogP contribution is 2.52. The molecular formula is C32H36BClN2O7. The molecule has 0 bridgehead atoms. The third kappa shape index (κ3) is 6.28. The van der Waals surface area contributed by atoms with E-state index in [1.807, 2.05) is 6.08 Å².